The van der Waals surface area contributed by atoms with Gasteiger partial charge in [0.25, 0.3) is 0 Å². The minimum Gasteiger partial charge on any atom is -0.387 e. The van der Waals surface area contributed by atoms with E-state index in [-0.39, 0.29) is 24.0 Å². The highest BCUT2D eigenvalue weighted by Gasteiger charge is 2.32. The zero-order valence-corrected chi connectivity index (χ0v) is 18.0. The van der Waals surface area contributed by atoms with Crippen LogP contribution in [0.25, 0.3) is 0 Å². The van der Waals surface area contributed by atoms with Crippen LogP contribution in [0.15, 0.2) is 4.99 Å². The van der Waals surface area contributed by atoms with Crippen molar-refractivity contribution in [3.8, 4) is 0 Å². The lowest BCUT2D eigenvalue weighted by Crippen LogP contribution is -2.51. The van der Waals surface area contributed by atoms with Crippen LogP contribution in [-0.2, 0) is 10.8 Å². The molecule has 1 aliphatic carbocycles. The summed E-state index contributed by atoms with van der Waals surface area (Å²) in [6.45, 7) is 2.53. The van der Waals surface area contributed by atoms with E-state index in [9.17, 15) is 9.32 Å². The fourth-order valence-electron chi connectivity index (χ4n) is 3.12. The smallest absolute Gasteiger partial charge is 0.191 e. The first-order chi connectivity index (χ1) is 10.6. The van der Waals surface area contributed by atoms with E-state index in [1.165, 1.54) is 0 Å². The number of nitrogens with zero attached hydrogens (tertiary/aromatic N) is 1. The van der Waals surface area contributed by atoms with E-state index in [0.29, 0.717) is 17.8 Å². The molecule has 3 N–H and O–H groups in total. The summed E-state index contributed by atoms with van der Waals surface area (Å²) in [6.07, 6.45) is 5.06. The standard InChI is InChI=1S/C15H29N3O2S2.HI/c1-3-22(20)13-6-4-5-12(9-13)18-14(16-2)17-10-15(19)7-8-21-11-15;/h12-13,19H,3-11H2,1-2H3,(H2,16,17,18);1H. The number of hydrogen-bond acceptors (Lipinski definition) is 4. The van der Waals surface area contributed by atoms with Gasteiger partial charge in [0.05, 0.1) is 5.60 Å². The Hall–Kier alpha value is 0.460. The summed E-state index contributed by atoms with van der Waals surface area (Å²) in [4.78, 5) is 4.26. The van der Waals surface area contributed by atoms with Crippen LogP contribution in [-0.4, -0.2) is 63.0 Å². The maximum atomic E-state index is 12.0. The molecule has 2 aliphatic rings. The number of guanidine groups is 1. The average molecular weight is 475 g/mol. The first-order valence-corrected chi connectivity index (χ1v) is 10.7. The number of hydrogen-bond donors (Lipinski definition) is 3. The van der Waals surface area contributed by atoms with Gasteiger partial charge in [0.1, 0.15) is 0 Å². The van der Waals surface area contributed by atoms with Crippen molar-refractivity contribution in [3.63, 3.8) is 0 Å². The van der Waals surface area contributed by atoms with Crippen LogP contribution >= 0.6 is 35.7 Å². The molecule has 5 nitrogen and oxygen atoms in total. The number of thioether (sulfide) groups is 1. The Morgan fingerprint density at radius 1 is 1.48 bits per heavy atom. The molecule has 23 heavy (non-hydrogen) atoms. The number of aliphatic imine (C=N–C) groups is 1. The molecule has 2 fully saturated rings. The van der Waals surface area contributed by atoms with Crippen molar-refractivity contribution in [1.29, 1.82) is 0 Å². The Kier molecular flexibility index (Phi) is 9.77. The van der Waals surface area contributed by atoms with Gasteiger partial charge in [-0.3, -0.25) is 9.20 Å². The molecule has 2 rings (SSSR count). The Morgan fingerprint density at radius 2 is 2.26 bits per heavy atom. The molecule has 0 amide bonds. The van der Waals surface area contributed by atoms with Crippen molar-refractivity contribution >= 4 is 52.5 Å². The Balaban J connectivity index is 0.00000264. The molecule has 0 spiro atoms. The average Bonchev–Trinajstić information content (AvgIpc) is 2.98. The summed E-state index contributed by atoms with van der Waals surface area (Å²) in [5, 5.41) is 17.4. The van der Waals surface area contributed by atoms with Crippen molar-refractivity contribution in [2.75, 3.05) is 30.9 Å². The predicted octanol–water partition coefficient (Wildman–Crippen LogP) is 1.72. The Morgan fingerprint density at radius 3 is 2.87 bits per heavy atom. The predicted molar refractivity (Wildman–Crippen MR) is 112 cm³/mol. The zero-order valence-electron chi connectivity index (χ0n) is 14.0. The molecule has 0 aromatic rings. The van der Waals surface area contributed by atoms with Crippen molar-refractivity contribution in [1.82, 2.24) is 10.6 Å². The molecule has 1 saturated heterocycles. The second kappa shape index (κ2) is 10.5. The largest absolute Gasteiger partial charge is 0.387 e. The van der Waals surface area contributed by atoms with Gasteiger partial charge in [-0.2, -0.15) is 11.8 Å². The van der Waals surface area contributed by atoms with E-state index < -0.39 is 16.4 Å². The highest BCUT2D eigenvalue weighted by Crippen LogP contribution is 2.27. The van der Waals surface area contributed by atoms with Gasteiger partial charge < -0.3 is 15.7 Å². The van der Waals surface area contributed by atoms with E-state index in [1.807, 2.05) is 6.92 Å². The normalized spacial score (nSPS) is 32.9. The van der Waals surface area contributed by atoms with Gasteiger partial charge in [-0.05, 0) is 31.4 Å². The Bertz CT molecular complexity index is 418. The van der Waals surface area contributed by atoms with Crippen LogP contribution in [0, 0.1) is 0 Å². The molecule has 1 aliphatic heterocycles. The lowest BCUT2D eigenvalue weighted by atomic mass is 9.95. The van der Waals surface area contributed by atoms with Crippen LogP contribution in [0.4, 0.5) is 0 Å². The molecule has 1 saturated carbocycles. The topological polar surface area (TPSA) is 73.7 Å². The summed E-state index contributed by atoms with van der Waals surface area (Å²) in [7, 11) is 1.05. The van der Waals surface area contributed by atoms with Gasteiger partial charge in [-0.25, -0.2) is 0 Å². The number of aliphatic hydroxyl groups is 1. The molecule has 8 heteroatoms. The molecule has 0 aromatic carbocycles. The second-order valence-corrected chi connectivity index (χ2v) is 9.36. The van der Waals surface area contributed by atoms with Gasteiger partial charge in [0.2, 0.25) is 0 Å². The highest BCUT2D eigenvalue weighted by atomic mass is 127. The van der Waals surface area contributed by atoms with Crippen LogP contribution in [0.5, 0.6) is 0 Å². The van der Waals surface area contributed by atoms with E-state index >= 15 is 0 Å². The van der Waals surface area contributed by atoms with E-state index in [1.54, 1.807) is 18.8 Å². The maximum Gasteiger partial charge on any atom is 0.191 e. The van der Waals surface area contributed by atoms with Gasteiger partial charge in [-0.15, -0.1) is 24.0 Å². The summed E-state index contributed by atoms with van der Waals surface area (Å²) in [5.74, 6) is 3.31. The van der Waals surface area contributed by atoms with Crippen LogP contribution in [0.2, 0.25) is 0 Å². The van der Waals surface area contributed by atoms with Crippen molar-refractivity contribution in [2.45, 2.75) is 55.9 Å². The molecule has 0 aromatic heterocycles. The summed E-state index contributed by atoms with van der Waals surface area (Å²) < 4.78 is 12.0. The molecule has 4 atom stereocenters. The molecule has 136 valence electrons. The van der Waals surface area contributed by atoms with Gasteiger partial charge >= 0.3 is 0 Å². The second-order valence-electron chi connectivity index (χ2n) is 6.25. The van der Waals surface area contributed by atoms with Crippen molar-refractivity contribution < 1.29 is 9.32 Å². The minimum atomic E-state index is -0.706. The van der Waals surface area contributed by atoms with Crippen molar-refractivity contribution in [2.24, 2.45) is 4.99 Å². The molecule has 0 bridgehead atoms. The van der Waals surface area contributed by atoms with E-state index in [0.717, 1.165) is 55.3 Å². The third-order valence-electron chi connectivity index (χ3n) is 4.51. The van der Waals surface area contributed by atoms with E-state index in [4.69, 9.17) is 0 Å². The SMILES string of the molecule is CCS(=O)C1CCCC(NC(=NC)NCC2(O)CCSC2)C1.I. The van der Waals surface area contributed by atoms with Crippen LogP contribution in [0.3, 0.4) is 0 Å². The number of rotatable bonds is 5. The van der Waals surface area contributed by atoms with Crippen LogP contribution in [0.1, 0.15) is 39.0 Å². The van der Waals surface area contributed by atoms with Gasteiger partial charge in [0, 0.05) is 47.2 Å². The Labute approximate surface area is 163 Å². The molecule has 1 heterocycles. The minimum absolute atomic E-state index is 0. The quantitative estimate of drug-likeness (QED) is 0.321. The molecule has 4 unspecified atom stereocenters. The lowest BCUT2D eigenvalue weighted by Gasteiger charge is -2.31. The van der Waals surface area contributed by atoms with Crippen LogP contribution < -0.4 is 10.6 Å². The van der Waals surface area contributed by atoms with Gasteiger partial charge in [-0.1, -0.05) is 13.3 Å². The number of nitrogens with one attached hydrogen (secondary N) is 2. The van der Waals surface area contributed by atoms with Gasteiger partial charge in [0.15, 0.2) is 5.96 Å². The zero-order chi connectivity index (χ0) is 16.0. The summed E-state index contributed by atoms with van der Waals surface area (Å²) >= 11 is 1.80. The fraction of sp³-hybridized carbons (Fsp3) is 0.933. The summed E-state index contributed by atoms with van der Waals surface area (Å²) in [5.41, 5.74) is -0.610. The lowest BCUT2D eigenvalue weighted by molar-refractivity contribution is 0.0723. The number of halogens is 1. The monoisotopic (exact) mass is 475 g/mol. The molecular weight excluding hydrogens is 445 g/mol. The highest BCUT2D eigenvalue weighted by molar-refractivity contribution is 14.0. The first kappa shape index (κ1) is 21.5. The molecule has 0 radical (unpaired) electrons. The first-order valence-electron chi connectivity index (χ1n) is 8.21. The maximum absolute atomic E-state index is 12.0. The van der Waals surface area contributed by atoms with Crippen molar-refractivity contribution in [3.05, 3.63) is 0 Å². The molecular formula is C15H30IN3O2S2. The summed E-state index contributed by atoms with van der Waals surface area (Å²) in [6, 6.07) is 0.327. The fourth-order valence-corrected chi connectivity index (χ4v) is 5.77. The third-order valence-corrected chi connectivity index (χ3v) is 7.49. The third kappa shape index (κ3) is 6.70. The van der Waals surface area contributed by atoms with E-state index in [2.05, 4.69) is 15.6 Å².